The molecule has 0 spiro atoms. The van der Waals surface area contributed by atoms with E-state index in [1.54, 1.807) is 7.05 Å². The summed E-state index contributed by atoms with van der Waals surface area (Å²) in [7, 11) is 1.75. The molecule has 1 heterocycles. The van der Waals surface area contributed by atoms with E-state index < -0.39 is 0 Å². The lowest BCUT2D eigenvalue weighted by Gasteiger charge is -2.18. The summed E-state index contributed by atoms with van der Waals surface area (Å²) < 4.78 is 0. The van der Waals surface area contributed by atoms with Gasteiger partial charge in [0, 0.05) is 20.1 Å². The standard InChI is InChI=1S/C8H14ClN5/c1-4-14(5-2)8-12-6(9)11-7(10-3)13-8/h4-5H2,1-3H3,(H,10,11,12,13). The van der Waals surface area contributed by atoms with Crippen molar-refractivity contribution in [1.29, 1.82) is 0 Å². The predicted molar refractivity (Wildman–Crippen MR) is 57.9 cm³/mol. The highest BCUT2D eigenvalue weighted by molar-refractivity contribution is 6.28. The molecular formula is C8H14ClN5. The van der Waals surface area contributed by atoms with Crippen molar-refractivity contribution in [3.8, 4) is 0 Å². The number of hydrogen-bond donors (Lipinski definition) is 1. The van der Waals surface area contributed by atoms with Gasteiger partial charge in [0.15, 0.2) is 0 Å². The summed E-state index contributed by atoms with van der Waals surface area (Å²) in [5.41, 5.74) is 0. The Labute approximate surface area is 88.5 Å². The van der Waals surface area contributed by atoms with Crippen molar-refractivity contribution < 1.29 is 0 Å². The number of halogens is 1. The van der Waals surface area contributed by atoms with Crippen LogP contribution in [-0.2, 0) is 0 Å². The predicted octanol–water partition coefficient (Wildman–Crippen LogP) is 1.41. The van der Waals surface area contributed by atoms with Crippen molar-refractivity contribution in [3.63, 3.8) is 0 Å². The van der Waals surface area contributed by atoms with Crippen LogP contribution >= 0.6 is 11.6 Å². The molecule has 0 saturated heterocycles. The van der Waals surface area contributed by atoms with Gasteiger partial charge in [-0.1, -0.05) is 0 Å². The largest absolute Gasteiger partial charge is 0.357 e. The molecule has 0 aromatic carbocycles. The topological polar surface area (TPSA) is 53.9 Å². The first-order valence-electron chi connectivity index (χ1n) is 4.55. The Kier molecular flexibility index (Phi) is 3.88. The normalized spacial score (nSPS) is 10.0. The lowest BCUT2D eigenvalue weighted by atomic mass is 10.5. The molecule has 6 heteroatoms. The van der Waals surface area contributed by atoms with Gasteiger partial charge in [-0.05, 0) is 25.4 Å². The number of nitrogens with zero attached hydrogens (tertiary/aromatic N) is 4. The summed E-state index contributed by atoms with van der Waals surface area (Å²) in [6.07, 6.45) is 0. The smallest absolute Gasteiger partial charge is 0.231 e. The Hall–Kier alpha value is -1.10. The van der Waals surface area contributed by atoms with E-state index in [-0.39, 0.29) is 5.28 Å². The lowest BCUT2D eigenvalue weighted by Crippen LogP contribution is -2.24. The minimum Gasteiger partial charge on any atom is -0.357 e. The fraction of sp³-hybridized carbons (Fsp3) is 0.625. The number of rotatable bonds is 4. The first-order valence-corrected chi connectivity index (χ1v) is 4.93. The highest BCUT2D eigenvalue weighted by Crippen LogP contribution is 2.12. The first-order chi connectivity index (χ1) is 6.71. The molecule has 0 radical (unpaired) electrons. The zero-order valence-corrected chi connectivity index (χ0v) is 9.34. The molecule has 0 aliphatic carbocycles. The molecule has 1 aromatic rings. The van der Waals surface area contributed by atoms with Crippen LogP contribution in [0.15, 0.2) is 0 Å². The average molecular weight is 216 g/mol. The van der Waals surface area contributed by atoms with Crippen LogP contribution in [0.4, 0.5) is 11.9 Å². The zero-order valence-electron chi connectivity index (χ0n) is 8.58. The Morgan fingerprint density at radius 2 is 1.86 bits per heavy atom. The van der Waals surface area contributed by atoms with Crippen molar-refractivity contribution >= 4 is 23.5 Å². The van der Waals surface area contributed by atoms with Crippen molar-refractivity contribution in [2.24, 2.45) is 0 Å². The van der Waals surface area contributed by atoms with E-state index in [2.05, 4.69) is 20.3 Å². The maximum atomic E-state index is 5.76. The quantitative estimate of drug-likeness (QED) is 0.823. The molecule has 1 aromatic heterocycles. The number of aromatic nitrogens is 3. The van der Waals surface area contributed by atoms with Gasteiger partial charge in [0.2, 0.25) is 17.2 Å². The van der Waals surface area contributed by atoms with E-state index in [0.29, 0.717) is 11.9 Å². The molecule has 5 nitrogen and oxygen atoms in total. The molecule has 0 unspecified atom stereocenters. The van der Waals surface area contributed by atoms with Gasteiger partial charge < -0.3 is 10.2 Å². The van der Waals surface area contributed by atoms with Gasteiger partial charge in [0.05, 0.1) is 0 Å². The Balaban J connectivity index is 3.01. The van der Waals surface area contributed by atoms with Crippen LogP contribution in [0.5, 0.6) is 0 Å². The van der Waals surface area contributed by atoms with Gasteiger partial charge in [0.1, 0.15) is 0 Å². The molecule has 14 heavy (non-hydrogen) atoms. The minimum atomic E-state index is 0.214. The molecule has 1 rings (SSSR count). The Morgan fingerprint density at radius 1 is 1.21 bits per heavy atom. The molecule has 78 valence electrons. The molecule has 0 aliphatic heterocycles. The molecular weight excluding hydrogens is 202 g/mol. The van der Waals surface area contributed by atoms with E-state index in [9.17, 15) is 0 Å². The van der Waals surface area contributed by atoms with E-state index >= 15 is 0 Å². The number of nitrogens with one attached hydrogen (secondary N) is 1. The lowest BCUT2D eigenvalue weighted by molar-refractivity contribution is 0.813. The van der Waals surface area contributed by atoms with Crippen molar-refractivity contribution in [3.05, 3.63) is 5.28 Å². The number of anilines is 2. The van der Waals surface area contributed by atoms with Crippen LogP contribution in [0.1, 0.15) is 13.8 Å². The van der Waals surface area contributed by atoms with Crippen molar-refractivity contribution in [2.75, 3.05) is 30.4 Å². The van der Waals surface area contributed by atoms with E-state index in [1.165, 1.54) is 0 Å². The van der Waals surface area contributed by atoms with Gasteiger partial charge in [-0.15, -0.1) is 0 Å². The van der Waals surface area contributed by atoms with Crippen molar-refractivity contribution in [1.82, 2.24) is 15.0 Å². The van der Waals surface area contributed by atoms with E-state index in [1.807, 2.05) is 18.7 Å². The zero-order chi connectivity index (χ0) is 10.6. The van der Waals surface area contributed by atoms with Gasteiger partial charge in [0.25, 0.3) is 0 Å². The molecule has 0 bridgehead atoms. The van der Waals surface area contributed by atoms with Gasteiger partial charge in [-0.3, -0.25) is 0 Å². The second kappa shape index (κ2) is 4.95. The molecule has 0 fully saturated rings. The maximum absolute atomic E-state index is 5.76. The SMILES string of the molecule is CCN(CC)c1nc(Cl)nc(NC)n1. The third-order valence-electron chi connectivity index (χ3n) is 1.87. The molecule has 0 atom stereocenters. The highest BCUT2D eigenvalue weighted by atomic mass is 35.5. The van der Waals surface area contributed by atoms with Crippen LogP contribution < -0.4 is 10.2 Å². The van der Waals surface area contributed by atoms with Crippen LogP contribution in [0.25, 0.3) is 0 Å². The number of hydrogen-bond acceptors (Lipinski definition) is 5. The second-order valence-corrected chi connectivity index (χ2v) is 2.99. The van der Waals surface area contributed by atoms with Crippen molar-refractivity contribution in [2.45, 2.75) is 13.8 Å². The Bertz CT molecular complexity index is 300. The van der Waals surface area contributed by atoms with E-state index in [4.69, 9.17) is 11.6 Å². The summed E-state index contributed by atoms with van der Waals surface area (Å²) in [5, 5.41) is 3.05. The van der Waals surface area contributed by atoms with Crippen LogP contribution in [0.2, 0.25) is 5.28 Å². The first kappa shape index (κ1) is 11.0. The molecule has 0 aliphatic rings. The third kappa shape index (κ3) is 2.45. The Morgan fingerprint density at radius 3 is 2.36 bits per heavy atom. The maximum Gasteiger partial charge on any atom is 0.231 e. The summed E-state index contributed by atoms with van der Waals surface area (Å²) in [5.74, 6) is 1.10. The third-order valence-corrected chi connectivity index (χ3v) is 2.04. The summed E-state index contributed by atoms with van der Waals surface area (Å²) in [6, 6.07) is 0. The van der Waals surface area contributed by atoms with Gasteiger partial charge in [-0.2, -0.15) is 15.0 Å². The van der Waals surface area contributed by atoms with Crippen LogP contribution in [0.3, 0.4) is 0 Å². The van der Waals surface area contributed by atoms with Gasteiger partial charge in [-0.25, -0.2) is 0 Å². The van der Waals surface area contributed by atoms with E-state index in [0.717, 1.165) is 13.1 Å². The fourth-order valence-electron chi connectivity index (χ4n) is 1.10. The minimum absolute atomic E-state index is 0.214. The van der Waals surface area contributed by atoms with Gasteiger partial charge >= 0.3 is 0 Å². The summed E-state index contributed by atoms with van der Waals surface area (Å²) in [4.78, 5) is 14.2. The summed E-state index contributed by atoms with van der Waals surface area (Å²) in [6.45, 7) is 5.78. The fourth-order valence-corrected chi connectivity index (χ4v) is 1.25. The summed E-state index contributed by atoms with van der Waals surface area (Å²) >= 11 is 5.76. The second-order valence-electron chi connectivity index (χ2n) is 2.65. The molecule has 1 N–H and O–H groups in total. The van der Waals surface area contributed by atoms with Crippen LogP contribution in [0, 0.1) is 0 Å². The molecule has 0 saturated carbocycles. The highest BCUT2D eigenvalue weighted by Gasteiger charge is 2.08. The molecule has 0 amide bonds. The van der Waals surface area contributed by atoms with Crippen LogP contribution in [-0.4, -0.2) is 35.1 Å². The average Bonchev–Trinajstić information content (AvgIpc) is 2.19. The monoisotopic (exact) mass is 215 g/mol.